The molecule has 0 aromatic carbocycles. The minimum Gasteiger partial charge on any atom is -0.379 e. The first kappa shape index (κ1) is 26.5. The van der Waals surface area contributed by atoms with Crippen LogP contribution >= 0.6 is 24.0 Å². The first-order chi connectivity index (χ1) is 15.8. The molecule has 186 valence electrons. The van der Waals surface area contributed by atoms with E-state index >= 15 is 0 Å². The van der Waals surface area contributed by atoms with E-state index < -0.39 is 0 Å². The number of guanidine groups is 1. The molecule has 2 N–H and O–H groups in total. The highest BCUT2D eigenvalue weighted by molar-refractivity contribution is 14.0. The van der Waals surface area contributed by atoms with E-state index in [0.717, 1.165) is 64.3 Å². The molecule has 2 saturated heterocycles. The van der Waals surface area contributed by atoms with E-state index in [2.05, 4.69) is 37.6 Å². The zero-order chi connectivity index (χ0) is 22.1. The number of halogens is 1. The van der Waals surface area contributed by atoms with Crippen LogP contribution in [-0.4, -0.2) is 74.4 Å². The number of nitrogens with zero attached hydrogens (tertiary/aromatic N) is 4. The molecular formula is C25H43IN6O. The maximum absolute atomic E-state index is 5.62. The van der Waals surface area contributed by atoms with Crippen LogP contribution in [0.5, 0.6) is 0 Å². The van der Waals surface area contributed by atoms with Crippen molar-refractivity contribution in [1.29, 1.82) is 0 Å². The molecule has 33 heavy (non-hydrogen) atoms. The summed E-state index contributed by atoms with van der Waals surface area (Å²) in [6, 6.07) is 4.37. The van der Waals surface area contributed by atoms with Gasteiger partial charge in [0.1, 0.15) is 5.82 Å². The van der Waals surface area contributed by atoms with Gasteiger partial charge in [-0.05, 0) is 37.3 Å². The van der Waals surface area contributed by atoms with Gasteiger partial charge in [-0.2, -0.15) is 0 Å². The van der Waals surface area contributed by atoms with E-state index in [9.17, 15) is 0 Å². The fourth-order valence-corrected chi connectivity index (χ4v) is 5.52. The molecule has 1 aromatic rings. The molecule has 8 heteroatoms. The Hall–Kier alpha value is -1.13. The van der Waals surface area contributed by atoms with Crippen LogP contribution in [0.4, 0.5) is 5.82 Å². The van der Waals surface area contributed by atoms with E-state index in [4.69, 9.17) is 9.72 Å². The smallest absolute Gasteiger partial charge is 0.191 e. The molecule has 0 unspecified atom stereocenters. The molecule has 0 spiro atoms. The fraction of sp³-hybridized carbons (Fsp3) is 0.760. The molecule has 7 nitrogen and oxygen atoms in total. The lowest BCUT2D eigenvalue weighted by molar-refractivity contribution is -0.0352. The number of pyridine rings is 1. The molecule has 1 saturated carbocycles. The van der Waals surface area contributed by atoms with Gasteiger partial charge in [-0.3, -0.25) is 9.89 Å². The van der Waals surface area contributed by atoms with Crippen LogP contribution in [0.1, 0.15) is 63.4 Å². The summed E-state index contributed by atoms with van der Waals surface area (Å²) in [7, 11) is 1.86. The van der Waals surface area contributed by atoms with E-state index in [0.29, 0.717) is 0 Å². The fourth-order valence-electron chi connectivity index (χ4n) is 5.52. The van der Waals surface area contributed by atoms with Gasteiger partial charge in [0.15, 0.2) is 5.96 Å². The summed E-state index contributed by atoms with van der Waals surface area (Å²) in [5, 5.41) is 7.14. The van der Waals surface area contributed by atoms with Crippen LogP contribution in [0.3, 0.4) is 0 Å². The van der Waals surface area contributed by atoms with Crippen LogP contribution in [0, 0.1) is 0 Å². The van der Waals surface area contributed by atoms with Crippen LogP contribution < -0.4 is 15.5 Å². The zero-order valence-corrected chi connectivity index (χ0v) is 22.7. The largest absolute Gasteiger partial charge is 0.379 e. The van der Waals surface area contributed by atoms with Crippen molar-refractivity contribution in [2.45, 2.75) is 69.9 Å². The predicted molar refractivity (Wildman–Crippen MR) is 147 cm³/mol. The van der Waals surface area contributed by atoms with Crippen molar-refractivity contribution in [2.75, 3.05) is 57.9 Å². The lowest BCUT2D eigenvalue weighted by Gasteiger charge is -2.48. The number of nitrogens with one attached hydrogen (secondary N) is 2. The maximum Gasteiger partial charge on any atom is 0.191 e. The molecule has 2 aliphatic heterocycles. The maximum atomic E-state index is 5.62. The quantitative estimate of drug-likeness (QED) is 0.309. The van der Waals surface area contributed by atoms with Crippen molar-refractivity contribution in [3.63, 3.8) is 0 Å². The summed E-state index contributed by atoms with van der Waals surface area (Å²) >= 11 is 0. The van der Waals surface area contributed by atoms with Gasteiger partial charge in [0, 0.05) is 58.1 Å². The Bertz CT molecular complexity index is 708. The Labute approximate surface area is 217 Å². The Balaban J connectivity index is 0.00000306. The highest BCUT2D eigenvalue weighted by Crippen LogP contribution is 2.33. The minimum atomic E-state index is 0. The Morgan fingerprint density at radius 3 is 2.30 bits per heavy atom. The summed E-state index contributed by atoms with van der Waals surface area (Å²) in [5.74, 6) is 1.99. The Kier molecular flexibility index (Phi) is 11.0. The van der Waals surface area contributed by atoms with Crippen molar-refractivity contribution >= 4 is 35.8 Å². The molecular weight excluding hydrogens is 527 g/mol. The number of aromatic nitrogens is 1. The topological polar surface area (TPSA) is 65.0 Å². The number of morpholine rings is 1. The summed E-state index contributed by atoms with van der Waals surface area (Å²) in [6.07, 6.45) is 13.8. The molecule has 0 amide bonds. The summed E-state index contributed by atoms with van der Waals surface area (Å²) in [4.78, 5) is 14.3. The van der Waals surface area contributed by atoms with Gasteiger partial charge in [0.25, 0.3) is 0 Å². The molecule has 1 aliphatic carbocycles. The average molecular weight is 571 g/mol. The van der Waals surface area contributed by atoms with Gasteiger partial charge in [0.2, 0.25) is 0 Å². The molecule has 1 aromatic heterocycles. The van der Waals surface area contributed by atoms with E-state index in [1.165, 1.54) is 63.4 Å². The first-order valence-electron chi connectivity index (χ1n) is 12.8. The van der Waals surface area contributed by atoms with Crippen molar-refractivity contribution in [2.24, 2.45) is 4.99 Å². The highest BCUT2D eigenvalue weighted by Gasteiger charge is 2.38. The molecule has 3 heterocycles. The predicted octanol–water partition coefficient (Wildman–Crippen LogP) is 3.78. The number of anilines is 1. The minimum absolute atomic E-state index is 0. The van der Waals surface area contributed by atoms with Crippen molar-refractivity contribution in [3.05, 3.63) is 23.9 Å². The van der Waals surface area contributed by atoms with Gasteiger partial charge in [-0.25, -0.2) is 4.98 Å². The molecule has 0 atom stereocenters. The van der Waals surface area contributed by atoms with Gasteiger partial charge in [0.05, 0.1) is 13.2 Å². The Morgan fingerprint density at radius 2 is 1.67 bits per heavy atom. The van der Waals surface area contributed by atoms with Gasteiger partial charge in [-0.15, -0.1) is 24.0 Å². The monoisotopic (exact) mass is 570 g/mol. The molecule has 3 aliphatic rings. The number of hydrogen-bond acceptors (Lipinski definition) is 5. The molecule has 0 radical (unpaired) electrons. The second-order valence-corrected chi connectivity index (χ2v) is 9.59. The van der Waals surface area contributed by atoms with Gasteiger partial charge in [-0.1, -0.05) is 38.2 Å². The lowest BCUT2D eigenvalue weighted by Crippen LogP contribution is -2.60. The Morgan fingerprint density at radius 1 is 0.970 bits per heavy atom. The number of rotatable bonds is 6. The van der Waals surface area contributed by atoms with Gasteiger partial charge < -0.3 is 20.3 Å². The van der Waals surface area contributed by atoms with Crippen LogP contribution in [0.25, 0.3) is 0 Å². The van der Waals surface area contributed by atoms with E-state index in [1.54, 1.807) is 0 Å². The van der Waals surface area contributed by atoms with Crippen LogP contribution in [0.2, 0.25) is 0 Å². The third kappa shape index (κ3) is 7.42. The molecule has 4 rings (SSSR count). The number of ether oxygens (including phenoxy) is 1. The van der Waals surface area contributed by atoms with Crippen LogP contribution in [0.15, 0.2) is 23.3 Å². The van der Waals surface area contributed by atoms with Gasteiger partial charge >= 0.3 is 0 Å². The highest BCUT2D eigenvalue weighted by atomic mass is 127. The summed E-state index contributed by atoms with van der Waals surface area (Å²) < 4.78 is 5.62. The summed E-state index contributed by atoms with van der Waals surface area (Å²) in [6.45, 7) is 7.74. The van der Waals surface area contributed by atoms with Crippen molar-refractivity contribution in [1.82, 2.24) is 20.5 Å². The first-order valence-corrected chi connectivity index (χ1v) is 12.8. The van der Waals surface area contributed by atoms with Crippen molar-refractivity contribution in [3.8, 4) is 0 Å². The second kappa shape index (κ2) is 13.7. The van der Waals surface area contributed by atoms with Crippen LogP contribution in [-0.2, 0) is 11.3 Å². The molecule has 3 fully saturated rings. The average Bonchev–Trinajstić information content (AvgIpc) is 3.15. The SMILES string of the molecule is CN=C(NCc1ccc(N2CCCCCC2)nc1)NCC1(N2CCOCC2)CCCCC1.I. The molecule has 0 bridgehead atoms. The van der Waals surface area contributed by atoms with Crippen molar-refractivity contribution < 1.29 is 4.74 Å². The normalized spacial score (nSPS) is 22.2. The second-order valence-electron chi connectivity index (χ2n) is 9.59. The number of aliphatic imine (C=N–C) groups is 1. The third-order valence-electron chi connectivity index (χ3n) is 7.47. The number of hydrogen-bond donors (Lipinski definition) is 2. The summed E-state index contributed by atoms with van der Waals surface area (Å²) in [5.41, 5.74) is 1.42. The third-order valence-corrected chi connectivity index (χ3v) is 7.47. The standard InChI is InChI=1S/C25H42N6O.HI/c1-26-24(29-21-25(11-5-4-6-12-25)31-15-17-32-18-16-31)28-20-22-9-10-23(27-19-22)30-13-7-2-3-8-14-30;/h9-10,19H,2-8,11-18,20-21H2,1H3,(H2,26,28,29);1H. The lowest BCUT2D eigenvalue weighted by atomic mass is 9.80. The van der Waals surface area contributed by atoms with E-state index in [-0.39, 0.29) is 29.5 Å². The zero-order valence-electron chi connectivity index (χ0n) is 20.4. The van der Waals surface area contributed by atoms with E-state index in [1.807, 2.05) is 13.2 Å².